The molecule has 0 saturated heterocycles. The Kier molecular flexibility index (Phi) is 5.18. The maximum Gasteiger partial charge on any atom is 0.293 e. The molecule has 0 aliphatic carbocycles. The molecule has 6 heteroatoms. The summed E-state index contributed by atoms with van der Waals surface area (Å²) in [4.78, 5) is 10.4. The van der Waals surface area contributed by atoms with Crippen molar-refractivity contribution in [2.45, 2.75) is 25.8 Å². The summed E-state index contributed by atoms with van der Waals surface area (Å²) in [5, 5.41) is 23.1. The second-order valence-electron chi connectivity index (χ2n) is 3.68. The van der Waals surface area contributed by atoms with E-state index in [1.165, 1.54) is 6.07 Å². The molecule has 0 aliphatic heterocycles. The summed E-state index contributed by atoms with van der Waals surface area (Å²) in [5.74, 6) is 0. The Bertz CT molecular complexity index is 398. The monoisotopic (exact) mass is 258 g/mol. The van der Waals surface area contributed by atoms with Crippen molar-refractivity contribution in [2.24, 2.45) is 0 Å². The smallest absolute Gasteiger partial charge is 0.293 e. The minimum Gasteiger partial charge on any atom is -0.396 e. The Balaban J connectivity index is 2.92. The first-order valence-electron chi connectivity index (χ1n) is 5.39. The van der Waals surface area contributed by atoms with Gasteiger partial charge in [0.2, 0.25) is 0 Å². The normalized spacial score (nSPS) is 12.2. The number of benzene rings is 1. The zero-order chi connectivity index (χ0) is 12.8. The third-order valence-corrected chi connectivity index (χ3v) is 2.72. The van der Waals surface area contributed by atoms with Crippen molar-refractivity contribution >= 4 is 23.0 Å². The third-order valence-electron chi connectivity index (χ3n) is 2.49. The van der Waals surface area contributed by atoms with Crippen LogP contribution < -0.4 is 5.32 Å². The Morgan fingerprint density at radius 1 is 1.59 bits per heavy atom. The van der Waals surface area contributed by atoms with E-state index in [1.807, 2.05) is 6.92 Å². The summed E-state index contributed by atoms with van der Waals surface area (Å²) in [6, 6.07) is 4.51. The van der Waals surface area contributed by atoms with E-state index in [0.717, 1.165) is 6.42 Å². The molecule has 0 fully saturated rings. The summed E-state index contributed by atoms with van der Waals surface area (Å²) in [6.45, 7) is 2.00. The van der Waals surface area contributed by atoms with Crippen LogP contribution in [-0.4, -0.2) is 22.7 Å². The maximum absolute atomic E-state index is 10.9. The Morgan fingerprint density at radius 3 is 2.82 bits per heavy atom. The van der Waals surface area contributed by atoms with Crippen LogP contribution in [0.3, 0.4) is 0 Å². The number of nitrogens with one attached hydrogen (secondary N) is 1. The molecule has 1 rings (SSSR count). The van der Waals surface area contributed by atoms with Crippen LogP contribution >= 0.6 is 11.6 Å². The first kappa shape index (κ1) is 13.7. The average Bonchev–Trinajstić information content (AvgIpc) is 2.30. The molecule has 0 bridgehead atoms. The molecule has 1 aromatic carbocycles. The van der Waals surface area contributed by atoms with Crippen LogP contribution in [0.4, 0.5) is 11.4 Å². The van der Waals surface area contributed by atoms with Crippen LogP contribution in [0.25, 0.3) is 0 Å². The largest absolute Gasteiger partial charge is 0.396 e. The molecule has 17 heavy (non-hydrogen) atoms. The second-order valence-corrected chi connectivity index (χ2v) is 4.12. The van der Waals surface area contributed by atoms with Gasteiger partial charge in [0.15, 0.2) is 0 Å². The molecule has 0 heterocycles. The van der Waals surface area contributed by atoms with Crippen molar-refractivity contribution in [1.29, 1.82) is 0 Å². The van der Waals surface area contributed by atoms with E-state index < -0.39 is 4.92 Å². The van der Waals surface area contributed by atoms with Crippen LogP contribution in [-0.2, 0) is 0 Å². The average molecular weight is 259 g/mol. The van der Waals surface area contributed by atoms with Gasteiger partial charge in [-0.15, -0.1) is 0 Å². The van der Waals surface area contributed by atoms with Crippen LogP contribution in [0.2, 0.25) is 5.02 Å². The molecule has 0 radical (unpaired) electrons. The van der Waals surface area contributed by atoms with Crippen molar-refractivity contribution in [1.82, 2.24) is 0 Å². The van der Waals surface area contributed by atoms with Crippen LogP contribution in [0, 0.1) is 10.1 Å². The summed E-state index contributed by atoms with van der Waals surface area (Å²) in [5.41, 5.74) is 0.383. The van der Waals surface area contributed by atoms with Crippen LogP contribution in [0.1, 0.15) is 19.8 Å². The standard InChI is InChI=1S/C11H15ClN2O3/c1-2-9(5-6-15)13-10-4-3-8(12)7-11(10)14(16)17/h3-4,7,9,13,15H,2,5-6H2,1H3. The van der Waals surface area contributed by atoms with Gasteiger partial charge in [-0.2, -0.15) is 0 Å². The van der Waals surface area contributed by atoms with Gasteiger partial charge in [0.05, 0.1) is 4.92 Å². The fourth-order valence-electron chi connectivity index (χ4n) is 1.53. The van der Waals surface area contributed by atoms with Crippen LogP contribution in [0.15, 0.2) is 18.2 Å². The van der Waals surface area contributed by atoms with E-state index in [4.69, 9.17) is 16.7 Å². The lowest BCUT2D eigenvalue weighted by Crippen LogP contribution is -2.20. The SMILES string of the molecule is CCC(CCO)Nc1ccc(Cl)cc1[N+](=O)[O-]. The van der Waals surface area contributed by atoms with Gasteiger partial charge in [0.25, 0.3) is 5.69 Å². The van der Waals surface area contributed by atoms with Crippen LogP contribution in [0.5, 0.6) is 0 Å². The first-order valence-corrected chi connectivity index (χ1v) is 5.77. The number of hydrogen-bond acceptors (Lipinski definition) is 4. The zero-order valence-corrected chi connectivity index (χ0v) is 10.3. The number of nitro benzene ring substituents is 1. The molecule has 1 atom stereocenters. The summed E-state index contributed by atoms with van der Waals surface area (Å²) >= 11 is 5.72. The zero-order valence-electron chi connectivity index (χ0n) is 9.52. The Labute approximate surface area is 105 Å². The maximum atomic E-state index is 10.9. The minimum absolute atomic E-state index is 0.0138. The van der Waals surface area contributed by atoms with Gasteiger partial charge in [-0.1, -0.05) is 18.5 Å². The number of halogens is 1. The molecule has 1 unspecified atom stereocenters. The molecule has 1 aromatic rings. The highest BCUT2D eigenvalue weighted by molar-refractivity contribution is 6.30. The quantitative estimate of drug-likeness (QED) is 0.608. The third kappa shape index (κ3) is 3.87. The second kappa shape index (κ2) is 6.42. The lowest BCUT2D eigenvalue weighted by Gasteiger charge is -2.17. The lowest BCUT2D eigenvalue weighted by molar-refractivity contribution is -0.384. The molecule has 0 saturated carbocycles. The number of aliphatic hydroxyl groups is 1. The van der Waals surface area contributed by atoms with E-state index >= 15 is 0 Å². The fourth-order valence-corrected chi connectivity index (χ4v) is 1.70. The highest BCUT2D eigenvalue weighted by Crippen LogP contribution is 2.28. The number of hydrogen-bond donors (Lipinski definition) is 2. The minimum atomic E-state index is -0.472. The number of nitrogens with zero attached hydrogens (tertiary/aromatic N) is 1. The van der Waals surface area contributed by atoms with Crippen molar-refractivity contribution in [3.63, 3.8) is 0 Å². The molecular weight excluding hydrogens is 244 g/mol. The number of nitro groups is 1. The highest BCUT2D eigenvalue weighted by atomic mass is 35.5. The number of anilines is 1. The summed E-state index contributed by atoms with van der Waals surface area (Å²) in [7, 11) is 0. The van der Waals surface area contributed by atoms with Gasteiger partial charge in [-0.25, -0.2) is 0 Å². The van der Waals surface area contributed by atoms with Gasteiger partial charge >= 0.3 is 0 Å². The summed E-state index contributed by atoms with van der Waals surface area (Å²) < 4.78 is 0. The van der Waals surface area contributed by atoms with E-state index in [-0.39, 0.29) is 18.3 Å². The van der Waals surface area contributed by atoms with Crippen molar-refractivity contribution in [3.8, 4) is 0 Å². The van der Waals surface area contributed by atoms with E-state index in [2.05, 4.69) is 5.32 Å². The number of aliphatic hydroxyl groups excluding tert-OH is 1. The molecule has 2 N–H and O–H groups in total. The van der Waals surface area contributed by atoms with Gasteiger partial charge in [0.1, 0.15) is 5.69 Å². The van der Waals surface area contributed by atoms with E-state index in [9.17, 15) is 10.1 Å². The lowest BCUT2D eigenvalue weighted by atomic mass is 10.1. The molecule has 0 amide bonds. The van der Waals surface area contributed by atoms with Crippen molar-refractivity contribution < 1.29 is 10.0 Å². The van der Waals surface area contributed by atoms with Gasteiger partial charge < -0.3 is 10.4 Å². The molecule has 0 aromatic heterocycles. The molecule has 0 spiro atoms. The van der Waals surface area contributed by atoms with Gasteiger partial charge in [-0.3, -0.25) is 10.1 Å². The number of rotatable bonds is 6. The van der Waals surface area contributed by atoms with Gasteiger partial charge in [-0.05, 0) is 25.0 Å². The van der Waals surface area contributed by atoms with Gasteiger partial charge in [0, 0.05) is 23.7 Å². The predicted octanol–water partition coefficient (Wildman–Crippen LogP) is 2.82. The topological polar surface area (TPSA) is 75.4 Å². The highest BCUT2D eigenvalue weighted by Gasteiger charge is 2.16. The fraction of sp³-hybridized carbons (Fsp3) is 0.455. The molecule has 5 nitrogen and oxygen atoms in total. The van der Waals surface area contributed by atoms with Crippen molar-refractivity contribution in [2.75, 3.05) is 11.9 Å². The molecular formula is C11H15ClN2O3. The van der Waals surface area contributed by atoms with E-state index in [1.54, 1.807) is 12.1 Å². The Morgan fingerprint density at radius 2 is 2.29 bits per heavy atom. The predicted molar refractivity (Wildman–Crippen MR) is 67.5 cm³/mol. The molecule has 94 valence electrons. The Hall–Kier alpha value is -1.33. The molecule has 0 aliphatic rings. The van der Waals surface area contributed by atoms with E-state index in [0.29, 0.717) is 17.1 Å². The summed E-state index contributed by atoms with van der Waals surface area (Å²) in [6.07, 6.45) is 1.33. The first-order chi connectivity index (χ1) is 8.08. The van der Waals surface area contributed by atoms with Crippen molar-refractivity contribution in [3.05, 3.63) is 33.3 Å².